The van der Waals surface area contributed by atoms with E-state index < -0.39 is 0 Å². The average Bonchev–Trinajstić information content (AvgIpc) is 3.27. The van der Waals surface area contributed by atoms with Gasteiger partial charge in [-0.1, -0.05) is 54.6 Å². The molecule has 0 aliphatic carbocycles. The van der Waals surface area contributed by atoms with E-state index in [2.05, 4.69) is 33.1 Å². The van der Waals surface area contributed by atoms with Gasteiger partial charge in [-0.05, 0) is 22.8 Å². The smallest absolute Gasteiger partial charge is 0.255 e. The number of fused-ring (bicyclic) bond motifs is 1. The molecule has 1 fully saturated rings. The van der Waals surface area contributed by atoms with E-state index in [1.807, 2.05) is 51.9 Å². The number of aromatic nitrogens is 3. The van der Waals surface area contributed by atoms with E-state index in [0.717, 1.165) is 41.9 Å². The predicted octanol–water partition coefficient (Wildman–Crippen LogP) is 2.93. The summed E-state index contributed by atoms with van der Waals surface area (Å²) in [4.78, 5) is 26.4. The topological polar surface area (TPSA) is 74.5 Å². The number of carbonyl (C=O) groups is 1. The van der Waals surface area contributed by atoms with Crippen LogP contribution in [0.2, 0.25) is 0 Å². The number of pyridine rings is 1. The van der Waals surface area contributed by atoms with E-state index in [-0.39, 0.29) is 12.5 Å². The quantitative estimate of drug-likeness (QED) is 0.498. The van der Waals surface area contributed by atoms with Gasteiger partial charge < -0.3 is 14.6 Å². The van der Waals surface area contributed by atoms with E-state index in [1.165, 1.54) is 5.56 Å². The van der Waals surface area contributed by atoms with E-state index in [4.69, 9.17) is 0 Å². The van der Waals surface area contributed by atoms with Crippen LogP contribution in [0.25, 0.3) is 11.2 Å². The molecule has 0 atom stereocenters. The third-order valence-electron chi connectivity index (χ3n) is 6.24. The molecule has 1 aliphatic heterocycles. The molecule has 0 radical (unpaired) electrons. The lowest BCUT2D eigenvalue weighted by Crippen LogP contribution is -2.48. The molecule has 7 heteroatoms. The van der Waals surface area contributed by atoms with Gasteiger partial charge in [0.15, 0.2) is 5.65 Å². The van der Waals surface area contributed by atoms with Crippen molar-refractivity contribution in [3.05, 3.63) is 95.4 Å². The number of amides is 1. The van der Waals surface area contributed by atoms with Gasteiger partial charge in [-0.2, -0.15) is 0 Å². The Balaban J connectivity index is 1.23. The molecule has 0 spiro atoms. The van der Waals surface area contributed by atoms with Crippen LogP contribution in [0.15, 0.2) is 73.2 Å². The van der Waals surface area contributed by atoms with Gasteiger partial charge in [-0.3, -0.25) is 9.69 Å². The van der Waals surface area contributed by atoms with Crippen LogP contribution in [0.5, 0.6) is 0 Å². The fourth-order valence-electron chi connectivity index (χ4n) is 4.36. The van der Waals surface area contributed by atoms with Gasteiger partial charge in [-0.15, -0.1) is 0 Å². The van der Waals surface area contributed by atoms with Crippen LogP contribution < -0.4 is 0 Å². The Morgan fingerprint density at radius 2 is 1.61 bits per heavy atom. The van der Waals surface area contributed by atoms with Crippen LogP contribution in [0.4, 0.5) is 0 Å². The Morgan fingerprint density at radius 3 is 2.36 bits per heavy atom. The summed E-state index contributed by atoms with van der Waals surface area (Å²) >= 11 is 0. The Morgan fingerprint density at radius 1 is 0.879 bits per heavy atom. The summed E-state index contributed by atoms with van der Waals surface area (Å²) in [7, 11) is 0. The first-order valence-electron chi connectivity index (χ1n) is 11.3. The lowest BCUT2D eigenvalue weighted by Gasteiger charge is -2.35. The second-order valence-electron chi connectivity index (χ2n) is 8.42. The van der Waals surface area contributed by atoms with E-state index in [9.17, 15) is 9.90 Å². The number of piperazine rings is 1. The van der Waals surface area contributed by atoms with Gasteiger partial charge in [0.25, 0.3) is 5.91 Å². The summed E-state index contributed by atoms with van der Waals surface area (Å²) in [5.74, 6) is -0.00239. The lowest BCUT2D eigenvalue weighted by molar-refractivity contribution is 0.0627. The average molecular weight is 442 g/mol. The number of benzene rings is 2. The zero-order valence-corrected chi connectivity index (χ0v) is 18.5. The monoisotopic (exact) mass is 441 g/mol. The summed E-state index contributed by atoms with van der Waals surface area (Å²) in [5.41, 5.74) is 5.37. The number of rotatable bonds is 6. The minimum absolute atomic E-state index is 0.00239. The summed E-state index contributed by atoms with van der Waals surface area (Å²) in [6.45, 7) is 4.45. The first-order chi connectivity index (χ1) is 16.2. The zero-order valence-electron chi connectivity index (χ0n) is 18.5. The van der Waals surface area contributed by atoms with Crippen molar-refractivity contribution in [2.24, 2.45) is 0 Å². The normalized spacial score (nSPS) is 14.6. The van der Waals surface area contributed by atoms with Crippen molar-refractivity contribution in [2.75, 3.05) is 26.2 Å². The maximum atomic E-state index is 13.1. The van der Waals surface area contributed by atoms with Crippen molar-refractivity contribution in [1.29, 1.82) is 0 Å². The van der Waals surface area contributed by atoms with Crippen LogP contribution in [0.3, 0.4) is 0 Å². The number of hydrogen-bond donors (Lipinski definition) is 1. The van der Waals surface area contributed by atoms with E-state index >= 15 is 0 Å². The standard InChI is InChI=1S/C26H27N5O2/c32-18-22-9-5-4-8-21(22)17-29-10-12-30(13-11-29)26(33)23-14-24-25(27-15-23)31(19-28-24)16-20-6-2-1-3-7-20/h1-9,14-15,19,32H,10-13,16-18H2. The second-order valence-corrected chi connectivity index (χ2v) is 8.42. The van der Waals surface area contributed by atoms with Crippen LogP contribution >= 0.6 is 0 Å². The molecular formula is C26H27N5O2. The van der Waals surface area contributed by atoms with Crippen molar-refractivity contribution in [3.63, 3.8) is 0 Å². The van der Waals surface area contributed by atoms with Gasteiger partial charge in [0.1, 0.15) is 5.52 Å². The molecule has 1 saturated heterocycles. The zero-order chi connectivity index (χ0) is 22.6. The molecule has 0 bridgehead atoms. The summed E-state index contributed by atoms with van der Waals surface area (Å²) in [6, 6.07) is 20.0. The van der Waals surface area contributed by atoms with Crippen LogP contribution in [-0.2, 0) is 19.7 Å². The van der Waals surface area contributed by atoms with Crippen LogP contribution in [-0.4, -0.2) is 61.5 Å². The minimum atomic E-state index is -0.00239. The fourth-order valence-corrected chi connectivity index (χ4v) is 4.36. The second kappa shape index (κ2) is 9.52. The Labute approximate surface area is 192 Å². The molecule has 0 unspecified atom stereocenters. The predicted molar refractivity (Wildman–Crippen MR) is 127 cm³/mol. The largest absolute Gasteiger partial charge is 0.392 e. The summed E-state index contributed by atoms with van der Waals surface area (Å²) < 4.78 is 2.00. The first-order valence-corrected chi connectivity index (χ1v) is 11.3. The first kappa shape index (κ1) is 21.3. The fraction of sp³-hybridized carbons (Fsp3) is 0.269. The molecule has 3 heterocycles. The van der Waals surface area contributed by atoms with Gasteiger partial charge >= 0.3 is 0 Å². The molecule has 1 N–H and O–H groups in total. The van der Waals surface area contributed by atoms with Crippen molar-refractivity contribution >= 4 is 17.1 Å². The molecule has 1 aliphatic rings. The van der Waals surface area contributed by atoms with E-state index in [1.54, 1.807) is 12.5 Å². The Kier molecular flexibility index (Phi) is 6.15. The SMILES string of the molecule is O=C(c1cnc2c(c1)ncn2Cc1ccccc1)N1CCN(Cc2ccccc2CO)CC1. The van der Waals surface area contributed by atoms with Gasteiger partial charge in [0.05, 0.1) is 25.0 Å². The lowest BCUT2D eigenvalue weighted by atomic mass is 10.1. The highest BCUT2D eigenvalue weighted by Gasteiger charge is 2.23. The molecule has 5 rings (SSSR count). The highest BCUT2D eigenvalue weighted by molar-refractivity contribution is 5.96. The number of carbonyl (C=O) groups excluding carboxylic acids is 1. The highest BCUT2D eigenvalue weighted by Crippen LogP contribution is 2.18. The van der Waals surface area contributed by atoms with Crippen LogP contribution in [0, 0.1) is 0 Å². The number of nitrogens with zero attached hydrogens (tertiary/aromatic N) is 5. The Bertz CT molecular complexity index is 1250. The molecule has 2 aromatic heterocycles. The van der Waals surface area contributed by atoms with Crippen molar-refractivity contribution in [2.45, 2.75) is 19.7 Å². The molecular weight excluding hydrogens is 414 g/mol. The molecule has 0 saturated carbocycles. The Hall–Kier alpha value is -3.55. The third-order valence-corrected chi connectivity index (χ3v) is 6.24. The van der Waals surface area contributed by atoms with Crippen molar-refractivity contribution < 1.29 is 9.90 Å². The molecule has 2 aromatic carbocycles. The molecule has 33 heavy (non-hydrogen) atoms. The number of hydrogen-bond acceptors (Lipinski definition) is 5. The molecule has 7 nitrogen and oxygen atoms in total. The van der Waals surface area contributed by atoms with Crippen molar-refractivity contribution in [3.8, 4) is 0 Å². The summed E-state index contributed by atoms with van der Waals surface area (Å²) in [5, 5.41) is 9.56. The molecule has 4 aromatic rings. The number of aliphatic hydroxyl groups excluding tert-OH is 1. The van der Waals surface area contributed by atoms with Gasteiger partial charge in [0, 0.05) is 38.9 Å². The third kappa shape index (κ3) is 4.65. The van der Waals surface area contributed by atoms with E-state index in [0.29, 0.717) is 25.2 Å². The highest BCUT2D eigenvalue weighted by atomic mass is 16.3. The number of imidazole rings is 1. The molecule has 1 amide bonds. The van der Waals surface area contributed by atoms with Crippen LogP contribution in [0.1, 0.15) is 27.0 Å². The molecule has 168 valence electrons. The minimum Gasteiger partial charge on any atom is -0.392 e. The maximum Gasteiger partial charge on any atom is 0.255 e. The number of aliphatic hydroxyl groups is 1. The van der Waals surface area contributed by atoms with Crippen molar-refractivity contribution in [1.82, 2.24) is 24.3 Å². The van der Waals surface area contributed by atoms with Gasteiger partial charge in [0.2, 0.25) is 0 Å². The maximum absolute atomic E-state index is 13.1. The summed E-state index contributed by atoms with van der Waals surface area (Å²) in [6.07, 6.45) is 3.44. The van der Waals surface area contributed by atoms with Gasteiger partial charge in [-0.25, -0.2) is 9.97 Å².